The molecule has 0 spiro atoms. The minimum Gasteiger partial charge on any atom is -0.349 e. The van der Waals surface area contributed by atoms with E-state index >= 15 is 0 Å². The van der Waals surface area contributed by atoms with E-state index in [0.717, 1.165) is 0 Å². The smallest absolute Gasteiger partial charge is 0.349 e. The molecule has 1 atom stereocenters. The van der Waals surface area contributed by atoms with Crippen LogP contribution in [0.4, 0.5) is 32.0 Å². The number of hydrogen-bond donors (Lipinski definition) is 1. The van der Waals surface area contributed by atoms with E-state index in [0.29, 0.717) is 12.1 Å². The Kier molecular flexibility index (Phi) is 5.96. The molecule has 0 saturated heterocycles. The molecule has 1 aromatic rings. The van der Waals surface area contributed by atoms with Crippen molar-refractivity contribution in [2.75, 3.05) is 5.32 Å². The zero-order valence-corrected chi connectivity index (χ0v) is 13.4. The fourth-order valence-electron chi connectivity index (χ4n) is 1.72. The SMILES string of the molecule is C=C(C)C(=O)C(C#N)C(=S)Nc1cc(C(F)(F)F)cc(C(F)(F)F)c1. The first kappa shape index (κ1) is 20.6. The number of hydrogen-bond acceptors (Lipinski definition) is 3. The summed E-state index contributed by atoms with van der Waals surface area (Å²) in [5.41, 5.74) is -3.77. The maximum absolute atomic E-state index is 12.8. The van der Waals surface area contributed by atoms with Crippen LogP contribution in [0.1, 0.15) is 18.1 Å². The van der Waals surface area contributed by atoms with Gasteiger partial charge in [0, 0.05) is 5.69 Å². The van der Waals surface area contributed by atoms with Gasteiger partial charge >= 0.3 is 12.4 Å². The summed E-state index contributed by atoms with van der Waals surface area (Å²) >= 11 is 4.77. The Balaban J connectivity index is 3.29. The van der Waals surface area contributed by atoms with Crippen molar-refractivity contribution in [2.24, 2.45) is 5.92 Å². The number of nitrogens with zero attached hydrogens (tertiary/aromatic N) is 1. The molecule has 0 bridgehead atoms. The van der Waals surface area contributed by atoms with Crippen LogP contribution >= 0.6 is 12.2 Å². The number of carbonyl (C=O) groups is 1. The minimum atomic E-state index is -5.03. The van der Waals surface area contributed by atoms with E-state index in [1.54, 1.807) is 0 Å². The molecular weight excluding hydrogens is 370 g/mol. The van der Waals surface area contributed by atoms with Crippen molar-refractivity contribution < 1.29 is 31.1 Å². The highest BCUT2D eigenvalue weighted by Crippen LogP contribution is 2.37. The normalized spacial score (nSPS) is 12.9. The highest BCUT2D eigenvalue weighted by molar-refractivity contribution is 7.80. The van der Waals surface area contributed by atoms with Gasteiger partial charge in [0.2, 0.25) is 0 Å². The Hall–Kier alpha value is -2.41. The number of nitriles is 1. The summed E-state index contributed by atoms with van der Waals surface area (Å²) in [7, 11) is 0. The topological polar surface area (TPSA) is 52.9 Å². The summed E-state index contributed by atoms with van der Waals surface area (Å²) in [6.07, 6.45) is -10.1. The van der Waals surface area contributed by atoms with Crippen LogP contribution in [0, 0.1) is 17.2 Å². The molecule has 25 heavy (non-hydrogen) atoms. The number of carbonyl (C=O) groups excluding carboxylic acids is 1. The van der Waals surface area contributed by atoms with Gasteiger partial charge in [0.05, 0.1) is 17.2 Å². The number of thiocarbonyl (C=S) groups is 1. The zero-order chi connectivity index (χ0) is 19.6. The van der Waals surface area contributed by atoms with Gasteiger partial charge in [-0.2, -0.15) is 31.6 Å². The van der Waals surface area contributed by atoms with Crippen LogP contribution < -0.4 is 5.32 Å². The molecular formula is C15H10F6N2OS. The lowest BCUT2D eigenvalue weighted by atomic mass is 10.0. The number of alkyl halides is 6. The fraction of sp³-hybridized carbons (Fsp3) is 0.267. The van der Waals surface area contributed by atoms with Gasteiger partial charge in [0.1, 0.15) is 4.99 Å². The van der Waals surface area contributed by atoms with Crippen molar-refractivity contribution in [3.05, 3.63) is 41.5 Å². The number of nitrogens with one attached hydrogen (secondary N) is 1. The van der Waals surface area contributed by atoms with E-state index in [1.807, 2.05) is 0 Å². The van der Waals surface area contributed by atoms with Gasteiger partial charge in [-0.05, 0) is 30.7 Å². The molecule has 3 nitrogen and oxygen atoms in total. The predicted octanol–water partition coefficient (Wildman–Crippen LogP) is 4.75. The Morgan fingerprint density at radius 3 is 1.92 bits per heavy atom. The Labute approximate surface area is 143 Å². The van der Waals surface area contributed by atoms with Crippen molar-refractivity contribution in [1.82, 2.24) is 0 Å². The molecule has 0 aromatic heterocycles. The lowest BCUT2D eigenvalue weighted by molar-refractivity contribution is -0.143. The molecule has 0 heterocycles. The number of ketones is 1. The summed E-state index contributed by atoms with van der Waals surface area (Å²) in [4.78, 5) is 11.2. The van der Waals surface area contributed by atoms with Crippen LogP contribution in [-0.4, -0.2) is 10.8 Å². The third kappa shape index (κ3) is 5.29. The second-order valence-corrected chi connectivity index (χ2v) is 5.43. The van der Waals surface area contributed by atoms with Gasteiger partial charge in [-0.1, -0.05) is 18.8 Å². The van der Waals surface area contributed by atoms with Crippen molar-refractivity contribution in [3.63, 3.8) is 0 Å². The first-order chi connectivity index (χ1) is 11.3. The number of allylic oxidation sites excluding steroid dienone is 1. The lowest BCUT2D eigenvalue weighted by Crippen LogP contribution is -2.27. The summed E-state index contributed by atoms with van der Waals surface area (Å²) in [5, 5.41) is 11.1. The maximum Gasteiger partial charge on any atom is 0.416 e. The molecule has 1 rings (SSSR count). The second kappa shape index (κ2) is 7.23. The summed E-state index contributed by atoms with van der Waals surface area (Å²) in [6.45, 7) is 4.61. The van der Waals surface area contributed by atoms with Crippen molar-refractivity contribution in [1.29, 1.82) is 5.26 Å². The van der Waals surface area contributed by atoms with Crippen LogP contribution in [0.25, 0.3) is 0 Å². The van der Waals surface area contributed by atoms with Crippen LogP contribution in [-0.2, 0) is 17.1 Å². The van der Waals surface area contributed by atoms with E-state index in [2.05, 4.69) is 11.9 Å². The van der Waals surface area contributed by atoms with E-state index in [9.17, 15) is 31.1 Å². The third-order valence-corrected chi connectivity index (χ3v) is 3.27. The quantitative estimate of drug-likeness (QED) is 0.465. The van der Waals surface area contributed by atoms with Gasteiger partial charge in [-0.15, -0.1) is 0 Å². The fourth-order valence-corrected chi connectivity index (χ4v) is 2.00. The van der Waals surface area contributed by atoms with Gasteiger partial charge < -0.3 is 5.32 Å². The lowest BCUT2D eigenvalue weighted by Gasteiger charge is -2.17. The number of benzene rings is 1. The monoisotopic (exact) mass is 380 g/mol. The number of halogens is 6. The molecule has 0 fully saturated rings. The molecule has 0 radical (unpaired) electrons. The highest BCUT2D eigenvalue weighted by atomic mass is 32.1. The molecule has 10 heteroatoms. The number of Topliss-reactive ketones (excluding diaryl/α,β-unsaturated/α-hetero) is 1. The van der Waals surface area contributed by atoms with E-state index in [1.165, 1.54) is 13.0 Å². The molecule has 0 aliphatic carbocycles. The van der Waals surface area contributed by atoms with Crippen LogP contribution in [0.2, 0.25) is 0 Å². The van der Waals surface area contributed by atoms with Crippen molar-refractivity contribution in [2.45, 2.75) is 19.3 Å². The molecule has 0 aliphatic heterocycles. The van der Waals surface area contributed by atoms with Gasteiger partial charge in [-0.3, -0.25) is 4.79 Å². The molecule has 1 N–H and O–H groups in total. The highest BCUT2D eigenvalue weighted by Gasteiger charge is 2.37. The molecule has 0 amide bonds. The van der Waals surface area contributed by atoms with E-state index < -0.39 is 45.9 Å². The van der Waals surface area contributed by atoms with E-state index in [4.69, 9.17) is 17.5 Å². The first-order valence-corrected chi connectivity index (χ1v) is 6.88. The van der Waals surface area contributed by atoms with Crippen molar-refractivity contribution in [3.8, 4) is 6.07 Å². The number of anilines is 1. The Morgan fingerprint density at radius 1 is 1.16 bits per heavy atom. The van der Waals surface area contributed by atoms with Crippen LogP contribution in [0.3, 0.4) is 0 Å². The molecule has 0 saturated carbocycles. The predicted molar refractivity (Wildman–Crippen MR) is 81.6 cm³/mol. The second-order valence-electron chi connectivity index (χ2n) is 4.99. The summed E-state index contributed by atoms with van der Waals surface area (Å²) in [5.74, 6) is -2.36. The summed E-state index contributed by atoms with van der Waals surface area (Å²) < 4.78 is 76.7. The molecule has 134 valence electrons. The standard InChI is InChI=1S/C15H10F6N2OS/c1-7(2)12(24)11(6-22)13(25)23-10-4-8(14(16,17)18)3-9(5-10)15(19,20)21/h3-5,11H,1H2,2H3,(H,23,25). The van der Waals surface area contributed by atoms with Gasteiger partial charge in [0.25, 0.3) is 0 Å². The van der Waals surface area contributed by atoms with E-state index in [-0.39, 0.29) is 11.6 Å². The average Bonchev–Trinajstić information content (AvgIpc) is 2.45. The minimum absolute atomic E-state index is 0.0317. The molecule has 1 aromatic carbocycles. The van der Waals surface area contributed by atoms with Crippen LogP contribution in [0.5, 0.6) is 0 Å². The largest absolute Gasteiger partial charge is 0.416 e. The molecule has 0 aliphatic rings. The molecule has 1 unspecified atom stereocenters. The van der Waals surface area contributed by atoms with Crippen molar-refractivity contribution >= 4 is 28.7 Å². The Bertz CT molecular complexity index is 729. The zero-order valence-electron chi connectivity index (χ0n) is 12.5. The number of rotatable bonds is 4. The first-order valence-electron chi connectivity index (χ1n) is 6.47. The third-order valence-electron chi connectivity index (χ3n) is 2.93. The Morgan fingerprint density at radius 2 is 1.60 bits per heavy atom. The summed E-state index contributed by atoms with van der Waals surface area (Å²) in [6, 6.07) is 2.30. The maximum atomic E-state index is 12.8. The average molecular weight is 380 g/mol. The van der Waals surface area contributed by atoms with Crippen LogP contribution in [0.15, 0.2) is 30.4 Å². The van der Waals surface area contributed by atoms with Gasteiger partial charge in [-0.25, -0.2) is 0 Å². The van der Waals surface area contributed by atoms with Gasteiger partial charge in [0.15, 0.2) is 11.7 Å².